The SMILES string of the molecule is CCCS(=O)(=O)NC(C)C(=O)N1CCC(O)CC1. The average Bonchev–Trinajstić information content (AvgIpc) is 2.28. The third kappa shape index (κ3) is 4.55. The van der Waals surface area contributed by atoms with Crippen molar-refractivity contribution in [2.75, 3.05) is 18.8 Å². The molecule has 1 amide bonds. The zero-order chi connectivity index (χ0) is 13.8. The lowest BCUT2D eigenvalue weighted by Gasteiger charge is -2.31. The van der Waals surface area contributed by atoms with E-state index in [0.717, 1.165) is 0 Å². The lowest BCUT2D eigenvalue weighted by molar-refractivity contribution is -0.134. The highest BCUT2D eigenvalue weighted by atomic mass is 32.2. The van der Waals surface area contributed by atoms with Gasteiger partial charge in [-0.3, -0.25) is 4.79 Å². The van der Waals surface area contributed by atoms with Gasteiger partial charge < -0.3 is 10.0 Å². The standard InChI is InChI=1S/C11H22N2O4S/c1-3-8-18(16,17)12-9(2)11(15)13-6-4-10(14)5-7-13/h9-10,12,14H,3-8H2,1-2H3. The predicted molar refractivity (Wildman–Crippen MR) is 68.5 cm³/mol. The van der Waals surface area contributed by atoms with Gasteiger partial charge >= 0.3 is 0 Å². The first-order valence-electron chi connectivity index (χ1n) is 6.32. The predicted octanol–water partition coefficient (Wildman–Crippen LogP) is -0.312. The molecule has 0 aliphatic carbocycles. The summed E-state index contributed by atoms with van der Waals surface area (Å²) in [6, 6.07) is -0.739. The average molecular weight is 278 g/mol. The van der Waals surface area contributed by atoms with Gasteiger partial charge in [-0.25, -0.2) is 13.1 Å². The Bertz CT molecular complexity index is 375. The highest BCUT2D eigenvalue weighted by molar-refractivity contribution is 7.89. The van der Waals surface area contributed by atoms with Gasteiger partial charge in [-0.05, 0) is 26.2 Å². The van der Waals surface area contributed by atoms with Crippen LogP contribution in [0.3, 0.4) is 0 Å². The molecule has 2 N–H and O–H groups in total. The van der Waals surface area contributed by atoms with Crippen LogP contribution in [0, 0.1) is 0 Å². The highest BCUT2D eigenvalue weighted by Crippen LogP contribution is 2.11. The summed E-state index contributed by atoms with van der Waals surface area (Å²) in [4.78, 5) is 13.6. The van der Waals surface area contributed by atoms with E-state index in [1.165, 1.54) is 0 Å². The summed E-state index contributed by atoms with van der Waals surface area (Å²) in [7, 11) is -3.37. The highest BCUT2D eigenvalue weighted by Gasteiger charge is 2.27. The number of aliphatic hydroxyl groups excluding tert-OH is 1. The Morgan fingerprint density at radius 3 is 2.50 bits per heavy atom. The van der Waals surface area contributed by atoms with Crippen LogP contribution in [0.2, 0.25) is 0 Å². The van der Waals surface area contributed by atoms with Gasteiger partial charge in [-0.15, -0.1) is 0 Å². The number of carbonyl (C=O) groups is 1. The second kappa shape index (κ2) is 6.49. The summed E-state index contributed by atoms with van der Waals surface area (Å²) in [5, 5.41) is 9.35. The van der Waals surface area contributed by atoms with Crippen molar-refractivity contribution in [2.45, 2.75) is 45.3 Å². The summed E-state index contributed by atoms with van der Waals surface area (Å²) in [5.41, 5.74) is 0. The number of nitrogens with zero attached hydrogens (tertiary/aromatic N) is 1. The zero-order valence-corrected chi connectivity index (χ0v) is 11.7. The normalized spacial score (nSPS) is 19.8. The maximum atomic E-state index is 12.0. The fourth-order valence-electron chi connectivity index (χ4n) is 2.01. The maximum absolute atomic E-state index is 12.0. The Balaban J connectivity index is 2.51. The quantitative estimate of drug-likeness (QED) is 0.722. The Morgan fingerprint density at radius 1 is 1.44 bits per heavy atom. The number of carbonyl (C=O) groups excluding carboxylic acids is 1. The van der Waals surface area contributed by atoms with Crippen LogP contribution < -0.4 is 4.72 Å². The van der Waals surface area contributed by atoms with Gasteiger partial charge in [0.15, 0.2) is 0 Å². The van der Waals surface area contributed by atoms with E-state index in [-0.39, 0.29) is 17.8 Å². The van der Waals surface area contributed by atoms with Gasteiger partial charge in [-0.1, -0.05) is 6.92 Å². The first kappa shape index (κ1) is 15.4. The van der Waals surface area contributed by atoms with E-state index in [4.69, 9.17) is 0 Å². The number of hydrogen-bond donors (Lipinski definition) is 2. The van der Waals surface area contributed by atoms with Crippen molar-refractivity contribution in [3.05, 3.63) is 0 Å². The summed E-state index contributed by atoms with van der Waals surface area (Å²) < 4.78 is 25.5. The molecular formula is C11H22N2O4S. The van der Waals surface area contributed by atoms with Crippen LogP contribution in [0.15, 0.2) is 0 Å². The molecule has 7 heteroatoms. The first-order chi connectivity index (χ1) is 8.35. The second-order valence-corrected chi connectivity index (χ2v) is 6.59. The van der Waals surface area contributed by atoms with Crippen LogP contribution in [0.4, 0.5) is 0 Å². The molecule has 6 nitrogen and oxygen atoms in total. The molecule has 0 spiro atoms. The third-order valence-electron chi connectivity index (χ3n) is 2.98. The fourth-order valence-corrected chi connectivity index (χ4v) is 3.30. The summed E-state index contributed by atoms with van der Waals surface area (Å²) >= 11 is 0. The Labute approximate surface area is 108 Å². The van der Waals surface area contributed by atoms with Gasteiger partial charge in [0.1, 0.15) is 0 Å². The molecule has 0 aromatic heterocycles. The van der Waals surface area contributed by atoms with E-state index in [1.54, 1.807) is 18.7 Å². The first-order valence-corrected chi connectivity index (χ1v) is 7.98. The van der Waals surface area contributed by atoms with Gasteiger partial charge in [0, 0.05) is 13.1 Å². The molecule has 0 bridgehead atoms. The van der Waals surface area contributed by atoms with Gasteiger partial charge in [0.25, 0.3) is 0 Å². The maximum Gasteiger partial charge on any atom is 0.240 e. The van der Waals surface area contributed by atoms with Crippen molar-refractivity contribution < 1.29 is 18.3 Å². The van der Waals surface area contributed by atoms with E-state index in [1.807, 2.05) is 0 Å². The number of likely N-dealkylation sites (tertiary alicyclic amines) is 1. The van der Waals surface area contributed by atoms with Crippen molar-refractivity contribution in [1.82, 2.24) is 9.62 Å². The molecule has 0 aromatic carbocycles. The number of sulfonamides is 1. The lowest BCUT2D eigenvalue weighted by atomic mass is 10.1. The van der Waals surface area contributed by atoms with Crippen LogP contribution in [0.1, 0.15) is 33.1 Å². The molecule has 1 aliphatic rings. The topological polar surface area (TPSA) is 86.7 Å². The summed E-state index contributed by atoms with van der Waals surface area (Å²) in [6.07, 6.45) is 1.29. The van der Waals surface area contributed by atoms with Crippen molar-refractivity contribution in [1.29, 1.82) is 0 Å². The number of rotatable bonds is 5. The molecule has 1 fully saturated rings. The second-order valence-electron chi connectivity index (χ2n) is 4.71. The molecule has 1 atom stereocenters. The molecular weight excluding hydrogens is 256 g/mol. The minimum Gasteiger partial charge on any atom is -0.393 e. The third-order valence-corrected chi connectivity index (χ3v) is 4.63. The van der Waals surface area contributed by atoms with E-state index < -0.39 is 16.1 Å². The molecule has 106 valence electrons. The van der Waals surface area contributed by atoms with E-state index in [0.29, 0.717) is 32.4 Å². The summed E-state index contributed by atoms with van der Waals surface area (Å²) in [5.74, 6) is -0.190. The van der Waals surface area contributed by atoms with E-state index >= 15 is 0 Å². The monoisotopic (exact) mass is 278 g/mol. The van der Waals surface area contributed by atoms with Gasteiger partial charge in [-0.2, -0.15) is 0 Å². The molecule has 1 saturated heterocycles. The van der Waals surface area contributed by atoms with Crippen LogP contribution in [-0.4, -0.2) is 55.3 Å². The molecule has 1 heterocycles. The van der Waals surface area contributed by atoms with Crippen molar-refractivity contribution in [2.24, 2.45) is 0 Å². The fraction of sp³-hybridized carbons (Fsp3) is 0.909. The molecule has 1 rings (SSSR count). The largest absolute Gasteiger partial charge is 0.393 e. The molecule has 1 unspecified atom stereocenters. The smallest absolute Gasteiger partial charge is 0.240 e. The van der Waals surface area contributed by atoms with Crippen LogP contribution in [-0.2, 0) is 14.8 Å². The number of nitrogens with one attached hydrogen (secondary N) is 1. The lowest BCUT2D eigenvalue weighted by Crippen LogP contribution is -2.50. The minimum atomic E-state index is -3.37. The zero-order valence-electron chi connectivity index (χ0n) is 10.9. The van der Waals surface area contributed by atoms with Crippen molar-refractivity contribution in [3.63, 3.8) is 0 Å². The van der Waals surface area contributed by atoms with Gasteiger partial charge in [0.2, 0.25) is 15.9 Å². The number of piperidine rings is 1. The van der Waals surface area contributed by atoms with Gasteiger partial charge in [0.05, 0.1) is 17.9 Å². The number of aliphatic hydroxyl groups is 1. The Hall–Kier alpha value is -0.660. The minimum absolute atomic E-state index is 0.0311. The molecule has 18 heavy (non-hydrogen) atoms. The Kier molecular flexibility index (Phi) is 5.55. The molecule has 0 aromatic rings. The van der Waals surface area contributed by atoms with Crippen LogP contribution >= 0.6 is 0 Å². The molecule has 1 aliphatic heterocycles. The molecule has 0 radical (unpaired) electrons. The van der Waals surface area contributed by atoms with Crippen molar-refractivity contribution >= 4 is 15.9 Å². The number of amides is 1. The van der Waals surface area contributed by atoms with E-state index in [2.05, 4.69) is 4.72 Å². The van der Waals surface area contributed by atoms with E-state index in [9.17, 15) is 18.3 Å². The molecule has 0 saturated carbocycles. The summed E-state index contributed by atoms with van der Waals surface area (Å²) in [6.45, 7) is 4.30. The number of hydrogen-bond acceptors (Lipinski definition) is 4. The van der Waals surface area contributed by atoms with Crippen LogP contribution in [0.25, 0.3) is 0 Å². The van der Waals surface area contributed by atoms with Crippen molar-refractivity contribution in [3.8, 4) is 0 Å². The Morgan fingerprint density at radius 2 is 2.00 bits per heavy atom. The van der Waals surface area contributed by atoms with Crippen LogP contribution in [0.5, 0.6) is 0 Å².